The molecule has 1 amide bonds. The topological polar surface area (TPSA) is 64.1 Å². The number of nitrogens with one attached hydrogen (secondary N) is 1. The Bertz CT molecular complexity index is 915. The van der Waals surface area contributed by atoms with E-state index in [2.05, 4.69) is 31.2 Å². The Morgan fingerprint density at radius 1 is 1.30 bits per heavy atom. The molecule has 2 aromatic heterocycles. The summed E-state index contributed by atoms with van der Waals surface area (Å²) in [5.41, 5.74) is 3.06. The number of benzene rings is 1. The molecule has 0 radical (unpaired) electrons. The zero-order valence-electron chi connectivity index (χ0n) is 15.1. The number of nitrogens with zero attached hydrogens (tertiary/aromatic N) is 2. The fraction of sp³-hybridized carbons (Fsp3) is 0.250. The third-order valence-electron chi connectivity index (χ3n) is 3.92. The summed E-state index contributed by atoms with van der Waals surface area (Å²) in [5, 5.41) is 5.84. The van der Waals surface area contributed by atoms with Gasteiger partial charge in [0, 0.05) is 23.3 Å². The normalized spacial score (nSPS) is 11.8. The Labute approximate surface area is 171 Å². The van der Waals surface area contributed by atoms with Crippen LogP contribution in [-0.4, -0.2) is 22.5 Å². The average molecular weight is 446 g/mol. The highest BCUT2D eigenvalue weighted by molar-refractivity contribution is 9.10. The SMILES string of the molecule is Cc1ccc(OCCC(=O)NC(C)c2nc(-c3ccncc3)cs2)c(Br)c1. The second kappa shape index (κ2) is 9.10. The van der Waals surface area contributed by atoms with E-state index in [0.717, 1.165) is 32.1 Å². The lowest BCUT2D eigenvalue weighted by atomic mass is 10.2. The second-order valence-electron chi connectivity index (χ2n) is 6.13. The number of hydrogen-bond donors (Lipinski definition) is 1. The van der Waals surface area contributed by atoms with Crippen LogP contribution in [0.4, 0.5) is 0 Å². The molecule has 7 heteroatoms. The van der Waals surface area contributed by atoms with Crippen LogP contribution in [0.3, 0.4) is 0 Å². The van der Waals surface area contributed by atoms with E-state index in [1.807, 2.05) is 49.6 Å². The van der Waals surface area contributed by atoms with Gasteiger partial charge in [-0.25, -0.2) is 4.98 Å². The number of halogens is 1. The van der Waals surface area contributed by atoms with Gasteiger partial charge in [0.05, 0.1) is 29.2 Å². The molecule has 0 aliphatic heterocycles. The van der Waals surface area contributed by atoms with Crippen LogP contribution in [0, 0.1) is 6.92 Å². The summed E-state index contributed by atoms with van der Waals surface area (Å²) in [6, 6.07) is 9.55. The molecule has 2 heterocycles. The van der Waals surface area contributed by atoms with Crippen LogP contribution >= 0.6 is 27.3 Å². The van der Waals surface area contributed by atoms with Gasteiger partial charge in [0.2, 0.25) is 5.91 Å². The standard InChI is InChI=1S/C20H20BrN3O2S/c1-13-3-4-18(16(21)11-13)26-10-7-19(25)23-14(2)20-24-17(12-27-20)15-5-8-22-9-6-15/h3-6,8-9,11-12,14H,7,10H2,1-2H3,(H,23,25). The van der Waals surface area contributed by atoms with Crippen LogP contribution < -0.4 is 10.1 Å². The first-order chi connectivity index (χ1) is 13.0. The molecule has 0 saturated carbocycles. The van der Waals surface area contributed by atoms with Gasteiger partial charge in [0.25, 0.3) is 0 Å². The minimum atomic E-state index is -0.149. The van der Waals surface area contributed by atoms with Crippen molar-refractivity contribution >= 4 is 33.2 Å². The van der Waals surface area contributed by atoms with E-state index in [1.54, 1.807) is 12.4 Å². The molecule has 27 heavy (non-hydrogen) atoms. The number of aryl methyl sites for hydroxylation is 1. The summed E-state index contributed by atoms with van der Waals surface area (Å²) in [7, 11) is 0. The number of carbonyl (C=O) groups excluding carboxylic acids is 1. The summed E-state index contributed by atoms with van der Waals surface area (Å²) in [5.74, 6) is 0.676. The van der Waals surface area contributed by atoms with Gasteiger partial charge in [-0.15, -0.1) is 11.3 Å². The molecule has 1 N–H and O–H groups in total. The molecule has 1 atom stereocenters. The van der Waals surface area contributed by atoms with Crippen molar-refractivity contribution in [3.8, 4) is 17.0 Å². The highest BCUT2D eigenvalue weighted by Gasteiger charge is 2.14. The van der Waals surface area contributed by atoms with Gasteiger partial charge in [-0.05, 0) is 59.6 Å². The van der Waals surface area contributed by atoms with Gasteiger partial charge in [-0.2, -0.15) is 0 Å². The van der Waals surface area contributed by atoms with Gasteiger partial charge >= 0.3 is 0 Å². The first kappa shape index (κ1) is 19.5. The van der Waals surface area contributed by atoms with Crippen molar-refractivity contribution < 1.29 is 9.53 Å². The summed E-state index contributed by atoms with van der Waals surface area (Å²) in [6.07, 6.45) is 3.77. The van der Waals surface area contributed by atoms with Gasteiger partial charge < -0.3 is 10.1 Å². The lowest BCUT2D eigenvalue weighted by molar-refractivity contribution is -0.122. The number of thiazole rings is 1. The van der Waals surface area contributed by atoms with Crippen LogP contribution in [0.1, 0.15) is 30.0 Å². The Balaban J connectivity index is 1.50. The Morgan fingerprint density at radius 2 is 2.07 bits per heavy atom. The van der Waals surface area contributed by atoms with Crippen molar-refractivity contribution in [3.63, 3.8) is 0 Å². The second-order valence-corrected chi connectivity index (χ2v) is 7.87. The molecule has 0 spiro atoms. The summed E-state index contributed by atoms with van der Waals surface area (Å²) < 4.78 is 6.58. The molecule has 1 aromatic carbocycles. The molecule has 3 aromatic rings. The molecule has 1 unspecified atom stereocenters. The minimum Gasteiger partial charge on any atom is -0.492 e. The van der Waals surface area contributed by atoms with E-state index in [9.17, 15) is 4.79 Å². The fourth-order valence-electron chi connectivity index (χ4n) is 2.49. The Morgan fingerprint density at radius 3 is 2.81 bits per heavy atom. The third kappa shape index (κ3) is 5.37. The molecular formula is C20H20BrN3O2S. The number of hydrogen-bond acceptors (Lipinski definition) is 5. The predicted molar refractivity (Wildman–Crippen MR) is 111 cm³/mol. The zero-order chi connectivity index (χ0) is 19.2. The molecule has 0 aliphatic carbocycles. The fourth-order valence-corrected chi connectivity index (χ4v) is 3.94. The first-order valence-corrected chi connectivity index (χ1v) is 10.2. The van der Waals surface area contributed by atoms with Crippen molar-refractivity contribution in [2.45, 2.75) is 26.3 Å². The summed E-state index contributed by atoms with van der Waals surface area (Å²) >= 11 is 5.01. The van der Waals surface area contributed by atoms with Crippen LogP contribution in [0.2, 0.25) is 0 Å². The number of ether oxygens (including phenoxy) is 1. The smallest absolute Gasteiger partial charge is 0.223 e. The van der Waals surface area contributed by atoms with Crippen molar-refractivity contribution in [1.29, 1.82) is 0 Å². The molecular weight excluding hydrogens is 426 g/mol. The zero-order valence-corrected chi connectivity index (χ0v) is 17.5. The minimum absolute atomic E-state index is 0.0635. The molecule has 140 valence electrons. The average Bonchev–Trinajstić information content (AvgIpc) is 3.14. The molecule has 0 aliphatic rings. The van der Waals surface area contributed by atoms with Crippen molar-refractivity contribution in [3.05, 3.63) is 63.1 Å². The highest BCUT2D eigenvalue weighted by Crippen LogP contribution is 2.26. The number of pyridine rings is 1. The van der Waals surface area contributed by atoms with Gasteiger partial charge in [0.1, 0.15) is 10.8 Å². The van der Waals surface area contributed by atoms with E-state index in [1.165, 1.54) is 11.3 Å². The van der Waals surface area contributed by atoms with E-state index >= 15 is 0 Å². The largest absolute Gasteiger partial charge is 0.492 e. The van der Waals surface area contributed by atoms with Crippen molar-refractivity contribution in [2.75, 3.05) is 6.61 Å². The monoisotopic (exact) mass is 445 g/mol. The Hall–Kier alpha value is -2.25. The van der Waals surface area contributed by atoms with Crippen LogP contribution in [-0.2, 0) is 4.79 Å². The van der Waals surface area contributed by atoms with Crippen molar-refractivity contribution in [1.82, 2.24) is 15.3 Å². The highest BCUT2D eigenvalue weighted by atomic mass is 79.9. The van der Waals surface area contributed by atoms with Gasteiger partial charge in [-0.1, -0.05) is 6.07 Å². The van der Waals surface area contributed by atoms with Crippen LogP contribution in [0.15, 0.2) is 52.6 Å². The number of carbonyl (C=O) groups is 1. The quantitative estimate of drug-likeness (QED) is 0.560. The third-order valence-corrected chi connectivity index (χ3v) is 5.57. The van der Waals surface area contributed by atoms with Gasteiger partial charge in [-0.3, -0.25) is 9.78 Å². The maximum Gasteiger partial charge on any atom is 0.223 e. The van der Waals surface area contributed by atoms with E-state index in [-0.39, 0.29) is 18.4 Å². The van der Waals surface area contributed by atoms with E-state index < -0.39 is 0 Å². The van der Waals surface area contributed by atoms with E-state index in [0.29, 0.717) is 6.61 Å². The predicted octanol–water partition coefficient (Wildman–Crippen LogP) is 4.92. The maximum absolute atomic E-state index is 12.2. The number of aromatic nitrogens is 2. The molecule has 3 rings (SSSR count). The Kier molecular flexibility index (Phi) is 6.58. The molecule has 0 saturated heterocycles. The lowest BCUT2D eigenvalue weighted by Crippen LogP contribution is -2.27. The molecule has 0 fully saturated rings. The lowest BCUT2D eigenvalue weighted by Gasteiger charge is -2.12. The first-order valence-electron chi connectivity index (χ1n) is 8.57. The van der Waals surface area contributed by atoms with Gasteiger partial charge in [0.15, 0.2) is 0 Å². The number of rotatable bonds is 7. The molecule has 0 bridgehead atoms. The van der Waals surface area contributed by atoms with Crippen molar-refractivity contribution in [2.24, 2.45) is 0 Å². The summed E-state index contributed by atoms with van der Waals surface area (Å²) in [4.78, 5) is 20.8. The van der Waals surface area contributed by atoms with Crippen LogP contribution in [0.25, 0.3) is 11.3 Å². The van der Waals surface area contributed by atoms with Crippen LogP contribution in [0.5, 0.6) is 5.75 Å². The van der Waals surface area contributed by atoms with E-state index in [4.69, 9.17) is 4.74 Å². The number of amides is 1. The summed E-state index contributed by atoms with van der Waals surface area (Å²) in [6.45, 7) is 4.27. The molecule has 5 nitrogen and oxygen atoms in total. The maximum atomic E-state index is 12.2.